The zero-order chi connectivity index (χ0) is 15.5. The van der Waals surface area contributed by atoms with Crippen molar-refractivity contribution in [3.63, 3.8) is 0 Å². The number of hydrogen-bond donors (Lipinski definition) is 0. The van der Waals surface area contributed by atoms with Crippen LogP contribution in [0.1, 0.15) is 30.0 Å². The van der Waals surface area contributed by atoms with E-state index in [0.717, 1.165) is 5.92 Å². The SMILES string of the molecule is c1ccc(C(c2ccccc2)N2CCN(CC3CC3)CC2)cc1. The van der Waals surface area contributed by atoms with Gasteiger partial charge in [0.15, 0.2) is 0 Å². The minimum Gasteiger partial charge on any atom is -0.301 e. The highest BCUT2D eigenvalue weighted by Gasteiger charge is 2.29. The molecule has 1 saturated heterocycles. The molecule has 23 heavy (non-hydrogen) atoms. The smallest absolute Gasteiger partial charge is 0.0602 e. The van der Waals surface area contributed by atoms with Crippen LogP contribution in [-0.2, 0) is 0 Å². The van der Waals surface area contributed by atoms with Crippen molar-refractivity contribution < 1.29 is 0 Å². The summed E-state index contributed by atoms with van der Waals surface area (Å²) in [5.74, 6) is 1.00. The van der Waals surface area contributed by atoms with E-state index in [-0.39, 0.29) is 0 Å². The number of rotatable bonds is 5. The molecule has 0 aromatic heterocycles. The Morgan fingerprint density at radius 3 is 1.74 bits per heavy atom. The first kappa shape index (κ1) is 14.9. The van der Waals surface area contributed by atoms with E-state index in [1.165, 1.54) is 56.7 Å². The maximum atomic E-state index is 2.67. The molecule has 2 aromatic carbocycles. The molecule has 0 spiro atoms. The fourth-order valence-corrected chi connectivity index (χ4v) is 3.75. The van der Waals surface area contributed by atoms with Gasteiger partial charge in [0, 0.05) is 32.7 Å². The highest BCUT2D eigenvalue weighted by atomic mass is 15.3. The van der Waals surface area contributed by atoms with Crippen LogP contribution in [0.3, 0.4) is 0 Å². The van der Waals surface area contributed by atoms with Gasteiger partial charge in [-0.15, -0.1) is 0 Å². The maximum Gasteiger partial charge on any atom is 0.0602 e. The lowest BCUT2D eigenvalue weighted by atomic mass is 9.96. The summed E-state index contributed by atoms with van der Waals surface area (Å²) < 4.78 is 0. The van der Waals surface area contributed by atoms with Crippen molar-refractivity contribution in [2.45, 2.75) is 18.9 Å². The van der Waals surface area contributed by atoms with Crippen LogP contribution in [-0.4, -0.2) is 42.5 Å². The van der Waals surface area contributed by atoms with E-state index in [0.29, 0.717) is 6.04 Å². The van der Waals surface area contributed by atoms with Crippen LogP contribution < -0.4 is 0 Å². The Bertz CT molecular complexity index is 559. The molecule has 0 radical (unpaired) electrons. The van der Waals surface area contributed by atoms with Crippen LogP contribution in [0.15, 0.2) is 60.7 Å². The third kappa shape index (κ3) is 3.65. The first-order chi connectivity index (χ1) is 11.4. The molecule has 1 aliphatic carbocycles. The summed E-state index contributed by atoms with van der Waals surface area (Å²) in [6, 6.07) is 22.3. The first-order valence-corrected chi connectivity index (χ1v) is 8.96. The molecule has 4 rings (SSSR count). The fraction of sp³-hybridized carbons (Fsp3) is 0.429. The molecule has 2 aromatic rings. The second-order valence-electron chi connectivity index (χ2n) is 7.00. The van der Waals surface area contributed by atoms with Gasteiger partial charge in [0.2, 0.25) is 0 Å². The van der Waals surface area contributed by atoms with Gasteiger partial charge in [-0.2, -0.15) is 0 Å². The normalized spacial score (nSPS) is 20.0. The van der Waals surface area contributed by atoms with Gasteiger partial charge in [0.05, 0.1) is 6.04 Å². The Morgan fingerprint density at radius 2 is 1.26 bits per heavy atom. The Hall–Kier alpha value is -1.64. The van der Waals surface area contributed by atoms with E-state index >= 15 is 0 Å². The molecule has 0 atom stereocenters. The van der Waals surface area contributed by atoms with Crippen LogP contribution >= 0.6 is 0 Å². The van der Waals surface area contributed by atoms with E-state index in [1.54, 1.807) is 0 Å². The number of nitrogens with zero attached hydrogens (tertiary/aromatic N) is 2. The van der Waals surface area contributed by atoms with Crippen molar-refractivity contribution in [1.82, 2.24) is 9.80 Å². The van der Waals surface area contributed by atoms with Crippen molar-refractivity contribution in [2.24, 2.45) is 5.92 Å². The molecule has 2 heteroatoms. The molecular weight excluding hydrogens is 280 g/mol. The van der Waals surface area contributed by atoms with Crippen molar-refractivity contribution in [3.05, 3.63) is 71.8 Å². The summed E-state index contributed by atoms with van der Waals surface area (Å²) in [5.41, 5.74) is 2.82. The molecule has 120 valence electrons. The van der Waals surface area contributed by atoms with Crippen molar-refractivity contribution >= 4 is 0 Å². The molecule has 2 fully saturated rings. The standard InChI is InChI=1S/C21H26N2/c1-3-7-19(8-4-1)21(20-9-5-2-6-10-20)23-15-13-22(14-16-23)17-18-11-12-18/h1-10,18,21H,11-17H2. The molecular formula is C21H26N2. The highest BCUT2D eigenvalue weighted by Crippen LogP contribution is 2.32. The molecule has 1 aliphatic heterocycles. The monoisotopic (exact) mass is 306 g/mol. The molecule has 1 saturated carbocycles. The van der Waals surface area contributed by atoms with Gasteiger partial charge < -0.3 is 4.90 Å². The highest BCUT2D eigenvalue weighted by molar-refractivity contribution is 5.31. The quantitative estimate of drug-likeness (QED) is 0.829. The summed E-state index contributed by atoms with van der Waals surface area (Å²) in [6.07, 6.45) is 2.91. The minimum absolute atomic E-state index is 0.389. The van der Waals surface area contributed by atoms with Crippen LogP contribution in [0.25, 0.3) is 0 Å². The van der Waals surface area contributed by atoms with Crippen molar-refractivity contribution in [1.29, 1.82) is 0 Å². The molecule has 0 amide bonds. The van der Waals surface area contributed by atoms with Gasteiger partial charge in [-0.1, -0.05) is 60.7 Å². The lowest BCUT2D eigenvalue weighted by molar-refractivity contribution is 0.106. The van der Waals surface area contributed by atoms with Gasteiger partial charge >= 0.3 is 0 Å². The van der Waals surface area contributed by atoms with Crippen molar-refractivity contribution in [2.75, 3.05) is 32.7 Å². The molecule has 2 nitrogen and oxygen atoms in total. The summed E-state index contributed by atoms with van der Waals surface area (Å²) in [6.45, 7) is 6.09. The lowest BCUT2D eigenvalue weighted by Crippen LogP contribution is -2.48. The minimum atomic E-state index is 0.389. The molecule has 1 heterocycles. The number of hydrogen-bond acceptors (Lipinski definition) is 2. The second-order valence-corrected chi connectivity index (χ2v) is 7.00. The molecule has 0 unspecified atom stereocenters. The topological polar surface area (TPSA) is 6.48 Å². The number of benzene rings is 2. The Balaban J connectivity index is 1.52. The fourth-order valence-electron chi connectivity index (χ4n) is 3.75. The predicted molar refractivity (Wildman–Crippen MR) is 95.5 cm³/mol. The Morgan fingerprint density at radius 1 is 0.739 bits per heavy atom. The van der Waals surface area contributed by atoms with Crippen LogP contribution in [0.4, 0.5) is 0 Å². The third-order valence-corrected chi connectivity index (χ3v) is 5.22. The first-order valence-electron chi connectivity index (χ1n) is 8.96. The van der Waals surface area contributed by atoms with Crippen LogP contribution in [0.2, 0.25) is 0 Å². The van der Waals surface area contributed by atoms with E-state index in [9.17, 15) is 0 Å². The van der Waals surface area contributed by atoms with Crippen LogP contribution in [0, 0.1) is 5.92 Å². The second kappa shape index (κ2) is 6.86. The van der Waals surface area contributed by atoms with Gasteiger partial charge in [0.1, 0.15) is 0 Å². The van der Waals surface area contributed by atoms with E-state index in [2.05, 4.69) is 70.5 Å². The largest absolute Gasteiger partial charge is 0.301 e. The average molecular weight is 306 g/mol. The maximum absolute atomic E-state index is 2.67. The lowest BCUT2D eigenvalue weighted by Gasteiger charge is -2.40. The zero-order valence-corrected chi connectivity index (χ0v) is 13.8. The van der Waals surface area contributed by atoms with E-state index in [1.807, 2.05) is 0 Å². The third-order valence-electron chi connectivity index (χ3n) is 5.22. The van der Waals surface area contributed by atoms with E-state index in [4.69, 9.17) is 0 Å². The van der Waals surface area contributed by atoms with E-state index < -0.39 is 0 Å². The summed E-state index contributed by atoms with van der Waals surface area (Å²) in [7, 11) is 0. The molecule has 0 bridgehead atoms. The zero-order valence-electron chi connectivity index (χ0n) is 13.8. The predicted octanol–water partition coefficient (Wildman–Crippen LogP) is 3.80. The summed E-state index contributed by atoms with van der Waals surface area (Å²) in [4.78, 5) is 5.33. The average Bonchev–Trinajstić information content (AvgIpc) is 3.43. The Labute approximate surface area is 139 Å². The van der Waals surface area contributed by atoms with Gasteiger partial charge in [-0.3, -0.25) is 4.90 Å². The van der Waals surface area contributed by atoms with Gasteiger partial charge in [-0.25, -0.2) is 0 Å². The number of piperazine rings is 1. The Kier molecular flexibility index (Phi) is 4.45. The van der Waals surface area contributed by atoms with Gasteiger partial charge in [-0.05, 0) is 29.9 Å². The molecule has 2 aliphatic rings. The molecule has 0 N–H and O–H groups in total. The summed E-state index contributed by atoms with van der Waals surface area (Å²) >= 11 is 0. The van der Waals surface area contributed by atoms with Crippen LogP contribution in [0.5, 0.6) is 0 Å². The van der Waals surface area contributed by atoms with Crippen molar-refractivity contribution in [3.8, 4) is 0 Å². The summed E-state index contributed by atoms with van der Waals surface area (Å²) in [5, 5.41) is 0. The van der Waals surface area contributed by atoms with Gasteiger partial charge in [0.25, 0.3) is 0 Å².